The van der Waals surface area contributed by atoms with Crippen LogP contribution in [-0.4, -0.2) is 16.2 Å². The second-order valence-corrected chi connectivity index (χ2v) is 2.69. The van der Waals surface area contributed by atoms with Gasteiger partial charge in [0.25, 0.3) is 0 Å². The highest BCUT2D eigenvalue weighted by molar-refractivity contribution is 7.99. The molecule has 1 heterocycles. The van der Waals surface area contributed by atoms with Crippen molar-refractivity contribution in [2.45, 2.75) is 0 Å². The number of aromatic nitrogens is 2. The Morgan fingerprint density at radius 2 is 2.45 bits per heavy atom. The van der Waals surface area contributed by atoms with Gasteiger partial charge in [-0.05, 0) is 11.6 Å². The predicted molar refractivity (Wildman–Crippen MR) is 48.6 cm³/mol. The zero-order chi connectivity index (χ0) is 8.27. The van der Waals surface area contributed by atoms with E-state index in [4.69, 9.17) is 17.3 Å². The van der Waals surface area contributed by atoms with E-state index in [0.717, 1.165) is 0 Å². The minimum absolute atomic E-state index is 0.161. The van der Waals surface area contributed by atoms with Crippen LogP contribution in [0.25, 0.3) is 0 Å². The Bertz CT molecular complexity index is 254. The molecule has 0 aliphatic heterocycles. The number of nitrogens with two attached hydrogens (primary N) is 1. The average Bonchev–Trinajstić information content (AvgIpc) is 1.95. The first-order valence-electron chi connectivity index (χ1n) is 2.81. The molecule has 0 fully saturated rings. The molecule has 0 spiro atoms. The fourth-order valence-corrected chi connectivity index (χ4v) is 1.08. The number of nitrogens with one attached hydrogen (secondary N) is 1. The van der Waals surface area contributed by atoms with E-state index in [1.165, 1.54) is 11.9 Å². The second kappa shape index (κ2) is 3.64. The van der Waals surface area contributed by atoms with Gasteiger partial charge in [0, 0.05) is 6.26 Å². The van der Waals surface area contributed by atoms with Crippen LogP contribution in [0.3, 0.4) is 0 Å². The fourth-order valence-electron chi connectivity index (χ4n) is 0.561. The van der Waals surface area contributed by atoms with Crippen LogP contribution in [0, 0.1) is 0 Å². The monoisotopic (exact) mass is 190 g/mol. The highest BCUT2D eigenvalue weighted by Gasteiger charge is 1.99. The molecule has 11 heavy (non-hydrogen) atoms. The van der Waals surface area contributed by atoms with Crippen molar-refractivity contribution < 1.29 is 0 Å². The SMILES string of the molecule is CSNc1cnc(Cl)nc1N. The Labute approximate surface area is 73.7 Å². The Hall–Kier alpha value is -0.680. The summed E-state index contributed by atoms with van der Waals surface area (Å²) in [5.74, 6) is 0.361. The van der Waals surface area contributed by atoms with E-state index in [1.54, 1.807) is 6.20 Å². The van der Waals surface area contributed by atoms with Gasteiger partial charge in [-0.25, -0.2) is 4.98 Å². The Balaban J connectivity index is 2.90. The topological polar surface area (TPSA) is 63.8 Å². The lowest BCUT2D eigenvalue weighted by Crippen LogP contribution is -1.98. The summed E-state index contributed by atoms with van der Waals surface area (Å²) in [6.45, 7) is 0. The summed E-state index contributed by atoms with van der Waals surface area (Å²) < 4.78 is 2.91. The van der Waals surface area contributed by atoms with Gasteiger partial charge in [-0.3, -0.25) is 0 Å². The maximum atomic E-state index is 5.50. The maximum Gasteiger partial charge on any atom is 0.224 e. The minimum Gasteiger partial charge on any atom is -0.382 e. The molecule has 0 aromatic carbocycles. The van der Waals surface area contributed by atoms with Gasteiger partial charge in [0.15, 0.2) is 5.82 Å². The van der Waals surface area contributed by atoms with Crippen molar-refractivity contribution in [1.82, 2.24) is 9.97 Å². The van der Waals surface area contributed by atoms with Gasteiger partial charge in [-0.1, -0.05) is 11.9 Å². The molecule has 0 bridgehead atoms. The third kappa shape index (κ3) is 2.13. The molecule has 1 aromatic rings. The van der Waals surface area contributed by atoms with Crippen LogP contribution in [0.4, 0.5) is 11.5 Å². The summed E-state index contributed by atoms with van der Waals surface area (Å²) in [6, 6.07) is 0. The van der Waals surface area contributed by atoms with Crippen LogP contribution in [0.5, 0.6) is 0 Å². The molecule has 6 heteroatoms. The van der Waals surface area contributed by atoms with Crippen molar-refractivity contribution in [1.29, 1.82) is 0 Å². The van der Waals surface area contributed by atoms with E-state index in [9.17, 15) is 0 Å². The summed E-state index contributed by atoms with van der Waals surface area (Å²) in [4.78, 5) is 7.51. The van der Waals surface area contributed by atoms with Crippen LogP contribution >= 0.6 is 23.5 Å². The molecule has 1 rings (SSSR count). The van der Waals surface area contributed by atoms with E-state index >= 15 is 0 Å². The van der Waals surface area contributed by atoms with E-state index in [1.807, 2.05) is 6.26 Å². The van der Waals surface area contributed by atoms with Crippen LogP contribution in [0.2, 0.25) is 5.28 Å². The van der Waals surface area contributed by atoms with Gasteiger partial charge in [-0.2, -0.15) is 4.98 Å². The van der Waals surface area contributed by atoms with Crippen LogP contribution in [0.15, 0.2) is 6.20 Å². The lowest BCUT2D eigenvalue weighted by molar-refractivity contribution is 1.18. The van der Waals surface area contributed by atoms with Gasteiger partial charge in [0.05, 0.1) is 6.20 Å². The molecular formula is C5H7ClN4S. The molecule has 3 N–H and O–H groups in total. The largest absolute Gasteiger partial charge is 0.382 e. The number of halogens is 1. The molecule has 0 aliphatic carbocycles. The number of anilines is 2. The number of nitrogen functional groups attached to an aromatic ring is 1. The summed E-state index contributed by atoms with van der Waals surface area (Å²) >= 11 is 6.90. The van der Waals surface area contributed by atoms with Gasteiger partial charge in [-0.15, -0.1) is 0 Å². The smallest absolute Gasteiger partial charge is 0.224 e. The van der Waals surface area contributed by atoms with Crippen molar-refractivity contribution in [3.05, 3.63) is 11.5 Å². The van der Waals surface area contributed by atoms with Crippen LogP contribution < -0.4 is 10.5 Å². The lowest BCUT2D eigenvalue weighted by Gasteiger charge is -2.03. The third-order valence-corrected chi connectivity index (χ3v) is 1.61. The molecule has 0 aliphatic rings. The molecule has 0 radical (unpaired) electrons. The van der Waals surface area contributed by atoms with E-state index in [-0.39, 0.29) is 5.28 Å². The number of hydrogen-bond donors (Lipinski definition) is 2. The highest BCUT2D eigenvalue weighted by Crippen LogP contribution is 2.17. The fraction of sp³-hybridized carbons (Fsp3) is 0.200. The molecule has 0 saturated heterocycles. The van der Waals surface area contributed by atoms with Crippen molar-refractivity contribution in [3.63, 3.8) is 0 Å². The quantitative estimate of drug-likeness (QED) is 0.545. The van der Waals surface area contributed by atoms with Crippen molar-refractivity contribution in [3.8, 4) is 0 Å². The molecular weight excluding hydrogens is 184 g/mol. The first-order chi connectivity index (χ1) is 5.24. The zero-order valence-electron chi connectivity index (χ0n) is 5.84. The van der Waals surface area contributed by atoms with E-state index in [2.05, 4.69) is 14.7 Å². The summed E-state index contributed by atoms with van der Waals surface area (Å²) in [6.07, 6.45) is 3.43. The lowest BCUT2D eigenvalue weighted by atomic mass is 10.5. The van der Waals surface area contributed by atoms with Crippen LogP contribution in [0.1, 0.15) is 0 Å². The zero-order valence-corrected chi connectivity index (χ0v) is 7.41. The van der Waals surface area contributed by atoms with E-state index < -0.39 is 0 Å². The van der Waals surface area contributed by atoms with E-state index in [0.29, 0.717) is 11.5 Å². The molecule has 0 unspecified atom stereocenters. The van der Waals surface area contributed by atoms with Gasteiger partial charge in [0.1, 0.15) is 5.69 Å². The van der Waals surface area contributed by atoms with Crippen molar-refractivity contribution in [2.24, 2.45) is 0 Å². The molecule has 60 valence electrons. The molecule has 0 amide bonds. The number of nitrogens with zero attached hydrogens (tertiary/aromatic N) is 2. The maximum absolute atomic E-state index is 5.50. The Kier molecular flexibility index (Phi) is 2.78. The first-order valence-corrected chi connectivity index (χ1v) is 4.41. The van der Waals surface area contributed by atoms with Crippen molar-refractivity contribution >= 4 is 35.1 Å². The predicted octanol–water partition coefficient (Wildman–Crippen LogP) is 1.40. The van der Waals surface area contributed by atoms with Gasteiger partial charge in [0.2, 0.25) is 5.28 Å². The summed E-state index contributed by atoms with van der Waals surface area (Å²) in [5, 5.41) is 0.161. The molecule has 0 atom stereocenters. The molecule has 4 nitrogen and oxygen atoms in total. The standard InChI is InChI=1S/C5H7ClN4S/c1-11-10-3-2-8-5(6)9-4(3)7/h2,10H,1H3,(H2,7,8,9). The number of rotatable bonds is 2. The summed E-state index contributed by atoms with van der Waals surface area (Å²) in [7, 11) is 0. The summed E-state index contributed by atoms with van der Waals surface area (Å²) in [5.41, 5.74) is 6.18. The van der Waals surface area contributed by atoms with Crippen LogP contribution in [-0.2, 0) is 0 Å². The minimum atomic E-state index is 0.161. The normalized spacial score (nSPS) is 9.64. The van der Waals surface area contributed by atoms with Gasteiger partial charge < -0.3 is 10.5 Å². The molecule has 1 aromatic heterocycles. The first kappa shape index (κ1) is 8.42. The molecule has 0 saturated carbocycles. The Morgan fingerprint density at radius 3 is 3.00 bits per heavy atom. The second-order valence-electron chi connectivity index (χ2n) is 1.74. The highest BCUT2D eigenvalue weighted by atomic mass is 35.5. The third-order valence-electron chi connectivity index (χ3n) is 1.00. The Morgan fingerprint density at radius 1 is 1.73 bits per heavy atom. The van der Waals surface area contributed by atoms with Gasteiger partial charge >= 0.3 is 0 Å². The van der Waals surface area contributed by atoms with Crippen molar-refractivity contribution in [2.75, 3.05) is 16.7 Å². The average molecular weight is 191 g/mol. The number of hydrogen-bond acceptors (Lipinski definition) is 5.